The van der Waals surface area contributed by atoms with E-state index in [0.29, 0.717) is 27.2 Å². The Hall–Kier alpha value is -2.29. The van der Waals surface area contributed by atoms with Gasteiger partial charge >= 0.3 is 0 Å². The Kier molecular flexibility index (Phi) is 6.54. The summed E-state index contributed by atoms with van der Waals surface area (Å²) >= 11 is 12.1. The van der Waals surface area contributed by atoms with Crippen LogP contribution in [0.5, 0.6) is 0 Å². The molecule has 0 radical (unpaired) electrons. The van der Waals surface area contributed by atoms with Crippen molar-refractivity contribution in [1.82, 2.24) is 10.3 Å². The van der Waals surface area contributed by atoms with Gasteiger partial charge in [-0.3, -0.25) is 4.79 Å². The fourth-order valence-electron chi connectivity index (χ4n) is 3.27. The molecule has 27 heavy (non-hydrogen) atoms. The number of hydrogen-bond donors (Lipinski definition) is 2. The second kappa shape index (κ2) is 9.07. The molecular weight excluding hydrogens is 383 g/mol. The molecule has 7 heteroatoms. The van der Waals surface area contributed by atoms with Crippen LogP contribution in [-0.2, 0) is 0 Å². The Bertz CT molecular complexity index is 840. The second-order valence-corrected chi connectivity index (χ2v) is 7.58. The predicted molar refractivity (Wildman–Crippen MR) is 107 cm³/mol. The molecule has 1 aromatic carbocycles. The number of nitrogens with zero attached hydrogens (tertiary/aromatic N) is 2. The number of nitrogens with one attached hydrogen (secondary N) is 2. The lowest BCUT2D eigenvalue weighted by molar-refractivity contribution is 0.0923. The number of amides is 1. The van der Waals surface area contributed by atoms with Gasteiger partial charge in [-0.2, -0.15) is 5.26 Å². The van der Waals surface area contributed by atoms with Gasteiger partial charge in [0.05, 0.1) is 22.5 Å². The van der Waals surface area contributed by atoms with Crippen molar-refractivity contribution in [1.29, 1.82) is 5.26 Å². The fourth-order valence-corrected chi connectivity index (χ4v) is 3.65. The Balaban J connectivity index is 1.45. The Morgan fingerprint density at radius 3 is 2.63 bits per heavy atom. The molecule has 0 aliphatic heterocycles. The first-order valence-corrected chi connectivity index (χ1v) is 9.66. The number of anilines is 1. The summed E-state index contributed by atoms with van der Waals surface area (Å²) in [5.74, 6) is 0.372. The summed E-state index contributed by atoms with van der Waals surface area (Å²) in [6, 6.07) is 10.6. The minimum absolute atomic E-state index is 0.153. The highest BCUT2D eigenvalue weighted by Gasteiger charge is 2.23. The average molecular weight is 403 g/mol. The van der Waals surface area contributed by atoms with E-state index in [2.05, 4.69) is 15.6 Å². The normalized spacial score (nSPS) is 19.1. The Morgan fingerprint density at radius 1 is 1.19 bits per heavy atom. The fraction of sp³-hybridized carbons (Fsp3) is 0.350. The summed E-state index contributed by atoms with van der Waals surface area (Å²) in [7, 11) is 0. The molecule has 2 aromatic rings. The van der Waals surface area contributed by atoms with Crippen LogP contribution in [0.4, 0.5) is 5.69 Å². The summed E-state index contributed by atoms with van der Waals surface area (Å²) in [6.07, 6.45) is 5.61. The highest BCUT2D eigenvalue weighted by molar-refractivity contribution is 6.35. The molecule has 2 N–H and O–H groups in total. The maximum absolute atomic E-state index is 12.4. The topological polar surface area (TPSA) is 77.8 Å². The molecule has 1 fully saturated rings. The van der Waals surface area contributed by atoms with E-state index in [4.69, 9.17) is 28.5 Å². The van der Waals surface area contributed by atoms with Crippen molar-refractivity contribution >= 4 is 34.8 Å². The molecule has 1 aliphatic rings. The van der Waals surface area contributed by atoms with Crippen molar-refractivity contribution in [2.45, 2.75) is 31.7 Å². The molecular formula is C20H20Cl2N4O. The second-order valence-electron chi connectivity index (χ2n) is 6.74. The molecule has 0 bridgehead atoms. The van der Waals surface area contributed by atoms with Gasteiger partial charge in [0.15, 0.2) is 0 Å². The summed E-state index contributed by atoms with van der Waals surface area (Å²) in [6.45, 7) is 0.856. The third-order valence-electron chi connectivity index (χ3n) is 4.83. The molecule has 0 unspecified atom stereocenters. The molecule has 3 rings (SSSR count). The first kappa shape index (κ1) is 19.5. The summed E-state index contributed by atoms with van der Waals surface area (Å²) in [5.41, 5.74) is 1.75. The lowest BCUT2D eigenvalue weighted by Gasteiger charge is -2.29. The quantitative estimate of drug-likeness (QED) is 0.761. The molecule has 0 spiro atoms. The van der Waals surface area contributed by atoms with Crippen LogP contribution in [0.25, 0.3) is 0 Å². The number of carbonyl (C=O) groups is 1. The van der Waals surface area contributed by atoms with Crippen LogP contribution in [0.15, 0.2) is 36.5 Å². The zero-order valence-corrected chi connectivity index (χ0v) is 16.2. The lowest BCUT2D eigenvalue weighted by atomic mass is 9.86. The van der Waals surface area contributed by atoms with Gasteiger partial charge in [-0.15, -0.1) is 0 Å². The van der Waals surface area contributed by atoms with E-state index >= 15 is 0 Å². The standard InChI is InChI=1S/C20H20Cl2N4O/c21-14-3-8-19(22)18(9-14)20(27)26-15-4-1-13(2-5-15)11-24-17-7-6-16(10-23)25-12-17/h3,6-9,12-13,15,24H,1-2,4-5,11H2,(H,26,27)/t13-,15-. The number of carbonyl (C=O) groups excluding carboxylic acids is 1. The van der Waals surface area contributed by atoms with E-state index in [9.17, 15) is 4.79 Å². The van der Waals surface area contributed by atoms with Crippen molar-refractivity contribution in [3.05, 3.63) is 57.8 Å². The largest absolute Gasteiger partial charge is 0.384 e. The van der Waals surface area contributed by atoms with Crippen LogP contribution in [0.2, 0.25) is 10.0 Å². The lowest BCUT2D eigenvalue weighted by Crippen LogP contribution is -2.38. The minimum atomic E-state index is -0.173. The average Bonchev–Trinajstić information content (AvgIpc) is 2.69. The van der Waals surface area contributed by atoms with Crippen molar-refractivity contribution < 1.29 is 4.79 Å². The van der Waals surface area contributed by atoms with E-state index < -0.39 is 0 Å². The zero-order chi connectivity index (χ0) is 19.2. The summed E-state index contributed by atoms with van der Waals surface area (Å²) in [4.78, 5) is 16.5. The molecule has 140 valence electrons. The third kappa shape index (κ3) is 5.35. The van der Waals surface area contributed by atoms with E-state index in [-0.39, 0.29) is 11.9 Å². The summed E-state index contributed by atoms with van der Waals surface area (Å²) in [5, 5.41) is 16.1. The number of nitriles is 1. The van der Waals surface area contributed by atoms with Crippen LogP contribution in [0.1, 0.15) is 41.7 Å². The molecule has 1 aliphatic carbocycles. The third-order valence-corrected chi connectivity index (χ3v) is 5.39. The number of hydrogen-bond acceptors (Lipinski definition) is 4. The van der Waals surface area contributed by atoms with E-state index in [1.165, 1.54) is 0 Å². The van der Waals surface area contributed by atoms with Crippen LogP contribution >= 0.6 is 23.2 Å². The van der Waals surface area contributed by atoms with E-state index in [0.717, 1.165) is 37.9 Å². The summed E-state index contributed by atoms with van der Waals surface area (Å²) < 4.78 is 0. The Labute approximate surface area is 168 Å². The minimum Gasteiger partial charge on any atom is -0.384 e. The number of aromatic nitrogens is 1. The highest BCUT2D eigenvalue weighted by Crippen LogP contribution is 2.26. The molecule has 0 atom stereocenters. The first-order valence-electron chi connectivity index (χ1n) is 8.91. The van der Waals surface area contributed by atoms with Gasteiger partial charge in [-0.1, -0.05) is 23.2 Å². The number of benzene rings is 1. The molecule has 5 nitrogen and oxygen atoms in total. The van der Waals surface area contributed by atoms with Gasteiger partial charge in [0.2, 0.25) is 0 Å². The van der Waals surface area contributed by atoms with E-state index in [1.807, 2.05) is 12.1 Å². The van der Waals surface area contributed by atoms with E-state index in [1.54, 1.807) is 30.5 Å². The zero-order valence-electron chi connectivity index (χ0n) is 14.7. The van der Waals surface area contributed by atoms with Gasteiger partial charge < -0.3 is 10.6 Å². The van der Waals surface area contributed by atoms with Gasteiger partial charge in [-0.25, -0.2) is 4.98 Å². The van der Waals surface area contributed by atoms with Crippen molar-refractivity contribution in [2.24, 2.45) is 5.92 Å². The highest BCUT2D eigenvalue weighted by atomic mass is 35.5. The van der Waals surface area contributed by atoms with Crippen molar-refractivity contribution in [3.8, 4) is 6.07 Å². The molecule has 1 heterocycles. The monoisotopic (exact) mass is 402 g/mol. The first-order chi connectivity index (χ1) is 13.0. The number of rotatable bonds is 5. The smallest absolute Gasteiger partial charge is 0.253 e. The Morgan fingerprint density at radius 2 is 1.96 bits per heavy atom. The van der Waals surface area contributed by atoms with Crippen molar-refractivity contribution in [2.75, 3.05) is 11.9 Å². The maximum atomic E-state index is 12.4. The SMILES string of the molecule is N#Cc1ccc(NC[C@H]2CC[C@H](NC(=O)c3cc(Cl)ccc3Cl)CC2)cn1. The van der Waals surface area contributed by atoms with Gasteiger partial charge in [0.25, 0.3) is 5.91 Å². The predicted octanol–water partition coefficient (Wildman–Crippen LogP) is 4.66. The van der Waals surface area contributed by atoms with Crippen LogP contribution < -0.4 is 10.6 Å². The molecule has 1 saturated carbocycles. The van der Waals surface area contributed by atoms with Gasteiger partial charge in [0, 0.05) is 17.6 Å². The van der Waals surface area contributed by atoms with Gasteiger partial charge in [-0.05, 0) is 61.9 Å². The van der Waals surface area contributed by atoms with Gasteiger partial charge in [0.1, 0.15) is 11.8 Å². The van der Waals surface area contributed by atoms with Crippen LogP contribution in [-0.4, -0.2) is 23.5 Å². The number of pyridine rings is 1. The van der Waals surface area contributed by atoms with Crippen LogP contribution in [0, 0.1) is 17.2 Å². The molecule has 0 saturated heterocycles. The molecule has 1 amide bonds. The number of halogens is 2. The van der Waals surface area contributed by atoms with Crippen LogP contribution in [0.3, 0.4) is 0 Å². The van der Waals surface area contributed by atoms with Crippen molar-refractivity contribution in [3.63, 3.8) is 0 Å². The molecule has 1 aromatic heterocycles. The maximum Gasteiger partial charge on any atom is 0.253 e.